The molecule has 3 rings (SSSR count). The third kappa shape index (κ3) is 3.86. The second-order valence-electron chi connectivity index (χ2n) is 5.56. The van der Waals surface area contributed by atoms with Crippen molar-refractivity contribution in [1.82, 2.24) is 5.32 Å². The van der Waals surface area contributed by atoms with Crippen LogP contribution in [0.25, 0.3) is 6.08 Å². The average molecular weight is 407 g/mol. The molecule has 6 nitrogen and oxygen atoms in total. The molecule has 2 aromatic rings. The van der Waals surface area contributed by atoms with Crippen LogP contribution in [-0.2, 0) is 4.79 Å². The Morgan fingerprint density at radius 3 is 2.44 bits per heavy atom. The summed E-state index contributed by atoms with van der Waals surface area (Å²) in [5.41, 5.74) is 1.03. The number of amides is 3. The number of nitrogens with one attached hydrogen (secondary N) is 1. The number of benzene rings is 2. The monoisotopic (exact) mass is 406 g/mol. The minimum Gasteiger partial charge on any atom is -0.493 e. The number of ether oxygens (including phenoxy) is 2. The molecule has 140 valence electrons. The van der Waals surface area contributed by atoms with E-state index < -0.39 is 11.9 Å². The number of halogens is 2. The highest BCUT2D eigenvalue weighted by atomic mass is 35.5. The minimum atomic E-state index is -0.553. The lowest BCUT2D eigenvalue weighted by molar-refractivity contribution is -0.113. The molecule has 2 aromatic carbocycles. The largest absolute Gasteiger partial charge is 0.493 e. The van der Waals surface area contributed by atoms with E-state index in [4.69, 9.17) is 32.7 Å². The summed E-state index contributed by atoms with van der Waals surface area (Å²) < 4.78 is 10.8. The zero-order valence-electron chi connectivity index (χ0n) is 14.6. The van der Waals surface area contributed by atoms with E-state index in [2.05, 4.69) is 5.32 Å². The van der Waals surface area contributed by atoms with Crippen LogP contribution < -0.4 is 19.7 Å². The number of methoxy groups -OCH3 is 1. The molecule has 0 atom stereocenters. The smallest absolute Gasteiger partial charge is 0.333 e. The molecule has 0 aromatic heterocycles. The van der Waals surface area contributed by atoms with Gasteiger partial charge < -0.3 is 14.8 Å². The maximum atomic E-state index is 12.7. The molecule has 27 heavy (non-hydrogen) atoms. The normalized spacial score (nSPS) is 15.3. The van der Waals surface area contributed by atoms with Crippen molar-refractivity contribution in [3.05, 3.63) is 57.7 Å². The lowest BCUT2D eigenvalue weighted by Gasteiger charge is -2.12. The molecule has 1 N–H and O–H groups in total. The topological polar surface area (TPSA) is 67.9 Å². The Morgan fingerprint density at radius 1 is 1.11 bits per heavy atom. The van der Waals surface area contributed by atoms with Crippen LogP contribution in [0.5, 0.6) is 11.5 Å². The number of carbonyl (C=O) groups is 2. The van der Waals surface area contributed by atoms with E-state index in [-0.39, 0.29) is 5.70 Å². The number of nitrogens with zero attached hydrogens (tertiary/aromatic N) is 1. The number of carbonyl (C=O) groups excluding carboxylic acids is 2. The number of rotatable bonds is 5. The first kappa shape index (κ1) is 19.1. The summed E-state index contributed by atoms with van der Waals surface area (Å²) in [4.78, 5) is 26.0. The first-order valence-corrected chi connectivity index (χ1v) is 8.83. The van der Waals surface area contributed by atoms with Crippen molar-refractivity contribution >= 4 is 46.9 Å². The standard InChI is InChI=1S/C19H16Cl2N2O4/c1-3-27-17-10-14(21)11(9-16(17)26-2)8-15-18(24)23(19(25)22-15)13-6-4-12(20)5-7-13/h4-10H,3H2,1-2H3,(H,22,25)/b15-8+. The van der Waals surface area contributed by atoms with Crippen molar-refractivity contribution in [3.63, 3.8) is 0 Å². The minimum absolute atomic E-state index is 0.100. The van der Waals surface area contributed by atoms with Crippen molar-refractivity contribution in [2.24, 2.45) is 0 Å². The van der Waals surface area contributed by atoms with Gasteiger partial charge in [0.1, 0.15) is 5.70 Å². The van der Waals surface area contributed by atoms with Gasteiger partial charge in [-0.1, -0.05) is 23.2 Å². The maximum absolute atomic E-state index is 12.7. The third-order valence-electron chi connectivity index (χ3n) is 3.85. The Morgan fingerprint density at radius 2 is 1.81 bits per heavy atom. The first-order valence-electron chi connectivity index (χ1n) is 8.07. The fraction of sp³-hybridized carbons (Fsp3) is 0.158. The van der Waals surface area contributed by atoms with E-state index in [0.29, 0.717) is 39.4 Å². The van der Waals surface area contributed by atoms with Gasteiger partial charge >= 0.3 is 6.03 Å². The van der Waals surface area contributed by atoms with E-state index in [1.165, 1.54) is 13.2 Å². The molecule has 0 spiro atoms. The third-order valence-corrected chi connectivity index (χ3v) is 4.42. The van der Waals surface area contributed by atoms with Crippen LogP contribution in [0.3, 0.4) is 0 Å². The van der Waals surface area contributed by atoms with Crippen molar-refractivity contribution in [1.29, 1.82) is 0 Å². The Bertz CT molecular complexity index is 926. The highest BCUT2D eigenvalue weighted by Crippen LogP contribution is 2.35. The molecule has 1 heterocycles. The van der Waals surface area contributed by atoms with Gasteiger partial charge in [-0.15, -0.1) is 0 Å². The van der Waals surface area contributed by atoms with Gasteiger partial charge in [-0.05, 0) is 48.9 Å². The van der Waals surface area contributed by atoms with Crippen molar-refractivity contribution < 1.29 is 19.1 Å². The summed E-state index contributed by atoms with van der Waals surface area (Å²) in [6, 6.07) is 9.09. The fourth-order valence-corrected chi connectivity index (χ4v) is 2.94. The van der Waals surface area contributed by atoms with Crippen LogP contribution in [0.2, 0.25) is 10.0 Å². The molecule has 0 unspecified atom stereocenters. The van der Waals surface area contributed by atoms with Gasteiger partial charge in [0, 0.05) is 11.1 Å². The number of anilines is 1. The lowest BCUT2D eigenvalue weighted by atomic mass is 10.1. The second-order valence-corrected chi connectivity index (χ2v) is 6.41. The summed E-state index contributed by atoms with van der Waals surface area (Å²) >= 11 is 12.2. The van der Waals surface area contributed by atoms with Gasteiger partial charge in [0.15, 0.2) is 11.5 Å². The molecule has 1 aliphatic rings. The van der Waals surface area contributed by atoms with Crippen LogP contribution in [0.4, 0.5) is 10.5 Å². The van der Waals surface area contributed by atoms with Gasteiger partial charge in [0.05, 0.1) is 24.4 Å². The molecule has 0 aliphatic carbocycles. The molecular weight excluding hydrogens is 391 g/mol. The van der Waals surface area contributed by atoms with Gasteiger partial charge in [-0.3, -0.25) is 4.79 Å². The van der Waals surface area contributed by atoms with E-state index in [9.17, 15) is 9.59 Å². The number of hydrogen-bond donors (Lipinski definition) is 1. The summed E-state index contributed by atoms with van der Waals surface area (Å²) in [7, 11) is 1.51. The molecule has 1 saturated heterocycles. The second kappa shape index (κ2) is 7.90. The predicted molar refractivity (Wildman–Crippen MR) is 105 cm³/mol. The van der Waals surface area contributed by atoms with E-state index in [1.54, 1.807) is 36.4 Å². The Balaban J connectivity index is 1.95. The zero-order chi connectivity index (χ0) is 19.6. The van der Waals surface area contributed by atoms with E-state index in [1.807, 2.05) is 6.92 Å². The predicted octanol–water partition coefficient (Wildman–Crippen LogP) is 4.50. The summed E-state index contributed by atoms with van der Waals surface area (Å²) in [6.45, 7) is 2.30. The zero-order valence-corrected chi connectivity index (χ0v) is 16.1. The van der Waals surface area contributed by atoms with Crippen molar-refractivity contribution in [2.75, 3.05) is 18.6 Å². The van der Waals surface area contributed by atoms with Gasteiger partial charge in [-0.25, -0.2) is 9.69 Å². The number of urea groups is 1. The van der Waals surface area contributed by atoms with Crippen LogP contribution in [-0.4, -0.2) is 25.7 Å². The lowest BCUT2D eigenvalue weighted by Crippen LogP contribution is -2.30. The molecule has 0 saturated carbocycles. The molecule has 3 amide bonds. The Labute approximate surface area is 166 Å². The summed E-state index contributed by atoms with van der Waals surface area (Å²) in [6.07, 6.45) is 1.50. The van der Waals surface area contributed by atoms with E-state index in [0.717, 1.165) is 4.90 Å². The van der Waals surface area contributed by atoms with Crippen molar-refractivity contribution in [2.45, 2.75) is 6.92 Å². The Kier molecular flexibility index (Phi) is 5.58. The number of imide groups is 1. The highest BCUT2D eigenvalue weighted by Gasteiger charge is 2.35. The van der Waals surface area contributed by atoms with Crippen LogP contribution in [0.1, 0.15) is 12.5 Å². The van der Waals surface area contributed by atoms with Crippen molar-refractivity contribution in [3.8, 4) is 11.5 Å². The quantitative estimate of drug-likeness (QED) is 0.586. The van der Waals surface area contributed by atoms with Crippen LogP contribution in [0.15, 0.2) is 42.1 Å². The molecule has 0 radical (unpaired) electrons. The summed E-state index contributed by atoms with van der Waals surface area (Å²) in [5, 5.41) is 3.42. The Hall–Kier alpha value is -2.70. The van der Waals surface area contributed by atoms with Crippen LogP contribution >= 0.6 is 23.2 Å². The van der Waals surface area contributed by atoms with Gasteiger partial charge in [-0.2, -0.15) is 0 Å². The SMILES string of the molecule is CCOc1cc(Cl)c(/C=C2/NC(=O)N(c3ccc(Cl)cc3)C2=O)cc1OC. The fourth-order valence-electron chi connectivity index (χ4n) is 2.60. The maximum Gasteiger partial charge on any atom is 0.333 e. The molecule has 8 heteroatoms. The number of hydrogen-bond acceptors (Lipinski definition) is 4. The molecular formula is C19H16Cl2N2O4. The first-order chi connectivity index (χ1) is 12.9. The summed E-state index contributed by atoms with van der Waals surface area (Å²) in [5.74, 6) is 0.474. The van der Waals surface area contributed by atoms with Gasteiger partial charge in [0.2, 0.25) is 0 Å². The molecule has 1 aliphatic heterocycles. The average Bonchev–Trinajstić information content (AvgIpc) is 2.92. The van der Waals surface area contributed by atoms with E-state index >= 15 is 0 Å². The molecule has 0 bridgehead atoms. The van der Waals surface area contributed by atoms with Gasteiger partial charge in [0.25, 0.3) is 5.91 Å². The highest BCUT2D eigenvalue weighted by molar-refractivity contribution is 6.33. The molecule has 1 fully saturated rings. The van der Waals surface area contributed by atoms with Crippen LogP contribution in [0, 0.1) is 0 Å².